The molecule has 0 radical (unpaired) electrons. The standard InChI is InChI=1S/C15H21O6P/c1-4-8-22(19,20)15(10(2)3)21-14(18)12-7-5-6-11(9-12)13(16)17/h5-7,9-10,15H,4,8H2,1-3H3,(H,16,17)(H,19,20). The van der Waals surface area contributed by atoms with Gasteiger partial charge in [-0.2, -0.15) is 0 Å². The maximum atomic E-state index is 12.3. The quantitative estimate of drug-likeness (QED) is 0.589. The van der Waals surface area contributed by atoms with Gasteiger partial charge in [-0.25, -0.2) is 9.59 Å². The molecule has 0 fully saturated rings. The van der Waals surface area contributed by atoms with E-state index in [9.17, 15) is 19.0 Å². The molecule has 0 aliphatic heterocycles. The Morgan fingerprint density at radius 1 is 1.27 bits per heavy atom. The van der Waals surface area contributed by atoms with E-state index >= 15 is 0 Å². The predicted molar refractivity (Wildman–Crippen MR) is 82.4 cm³/mol. The van der Waals surface area contributed by atoms with Crippen LogP contribution < -0.4 is 0 Å². The minimum absolute atomic E-state index is 0.0436. The molecule has 1 rings (SSSR count). The van der Waals surface area contributed by atoms with Crippen LogP contribution in [0.3, 0.4) is 0 Å². The van der Waals surface area contributed by atoms with Crippen molar-refractivity contribution in [3.8, 4) is 0 Å². The van der Waals surface area contributed by atoms with Crippen molar-refractivity contribution < 1.29 is 28.9 Å². The van der Waals surface area contributed by atoms with Gasteiger partial charge in [0.25, 0.3) is 0 Å². The summed E-state index contributed by atoms with van der Waals surface area (Å²) in [5, 5.41) is 8.92. The van der Waals surface area contributed by atoms with Crippen LogP contribution in [0.1, 0.15) is 47.9 Å². The minimum atomic E-state index is -3.62. The van der Waals surface area contributed by atoms with Gasteiger partial charge in [0.15, 0.2) is 5.85 Å². The number of carbonyl (C=O) groups is 2. The first-order valence-corrected chi connectivity index (χ1v) is 8.96. The van der Waals surface area contributed by atoms with Crippen molar-refractivity contribution in [3.63, 3.8) is 0 Å². The molecule has 6 nitrogen and oxygen atoms in total. The lowest BCUT2D eigenvalue weighted by molar-refractivity contribution is 0.0349. The lowest BCUT2D eigenvalue weighted by Gasteiger charge is -2.26. The van der Waals surface area contributed by atoms with E-state index in [-0.39, 0.29) is 23.2 Å². The normalized spacial score (nSPS) is 15.1. The largest absolute Gasteiger partial charge is 0.478 e. The summed E-state index contributed by atoms with van der Waals surface area (Å²) in [6.45, 7) is 5.17. The molecule has 0 aliphatic carbocycles. The highest BCUT2D eigenvalue weighted by Crippen LogP contribution is 2.50. The number of hydrogen-bond acceptors (Lipinski definition) is 4. The van der Waals surface area contributed by atoms with Gasteiger partial charge in [0.2, 0.25) is 7.37 Å². The Bertz CT molecular complexity index is 595. The number of carboxylic acid groups (broad SMARTS) is 1. The zero-order valence-electron chi connectivity index (χ0n) is 12.9. The molecule has 1 aromatic rings. The lowest BCUT2D eigenvalue weighted by Crippen LogP contribution is -2.25. The number of hydrogen-bond donors (Lipinski definition) is 2. The first-order valence-electron chi connectivity index (χ1n) is 7.05. The molecular formula is C15H21O6P. The topological polar surface area (TPSA) is 101 Å². The van der Waals surface area contributed by atoms with Crippen molar-refractivity contribution in [2.45, 2.75) is 33.0 Å². The van der Waals surface area contributed by atoms with Gasteiger partial charge in [0, 0.05) is 6.16 Å². The van der Waals surface area contributed by atoms with Crippen molar-refractivity contribution in [1.29, 1.82) is 0 Å². The number of carboxylic acids is 1. The van der Waals surface area contributed by atoms with E-state index in [1.54, 1.807) is 20.8 Å². The van der Waals surface area contributed by atoms with Crippen LogP contribution in [-0.4, -0.2) is 33.9 Å². The number of rotatable bonds is 7. The molecular weight excluding hydrogens is 307 g/mol. The van der Waals surface area contributed by atoms with Crippen LogP contribution in [0.15, 0.2) is 24.3 Å². The fourth-order valence-electron chi connectivity index (χ4n) is 2.09. The summed E-state index contributed by atoms with van der Waals surface area (Å²) in [4.78, 5) is 33.1. The van der Waals surface area contributed by atoms with Crippen LogP contribution in [0.25, 0.3) is 0 Å². The predicted octanol–water partition coefficient (Wildman–Crippen LogP) is 3.20. The molecule has 0 spiro atoms. The molecule has 22 heavy (non-hydrogen) atoms. The third kappa shape index (κ3) is 4.68. The smallest absolute Gasteiger partial charge is 0.338 e. The molecule has 0 aromatic heterocycles. The summed E-state index contributed by atoms with van der Waals surface area (Å²) in [5.74, 6) is -3.39. The van der Waals surface area contributed by atoms with Crippen LogP contribution in [0.5, 0.6) is 0 Å². The van der Waals surface area contributed by atoms with Crippen LogP contribution in [0, 0.1) is 5.92 Å². The third-order valence-electron chi connectivity index (χ3n) is 3.08. The summed E-state index contributed by atoms with van der Waals surface area (Å²) >= 11 is 0. The molecule has 2 atom stereocenters. The number of aromatic carboxylic acids is 1. The summed E-state index contributed by atoms with van der Waals surface area (Å²) in [7, 11) is -3.62. The summed E-state index contributed by atoms with van der Waals surface area (Å²) in [6, 6.07) is 5.38. The second kappa shape index (κ2) is 7.56. The van der Waals surface area contributed by atoms with Crippen molar-refractivity contribution in [1.82, 2.24) is 0 Å². The van der Waals surface area contributed by atoms with Gasteiger partial charge in [-0.15, -0.1) is 0 Å². The van der Waals surface area contributed by atoms with Crippen molar-refractivity contribution in [2.24, 2.45) is 5.92 Å². The molecule has 0 saturated heterocycles. The van der Waals surface area contributed by atoms with Crippen molar-refractivity contribution >= 4 is 19.3 Å². The number of carbonyl (C=O) groups excluding carboxylic acids is 1. The van der Waals surface area contributed by atoms with Gasteiger partial charge in [-0.1, -0.05) is 26.8 Å². The maximum absolute atomic E-state index is 12.3. The molecule has 0 saturated carbocycles. The molecule has 2 unspecified atom stereocenters. The van der Waals surface area contributed by atoms with Gasteiger partial charge < -0.3 is 14.7 Å². The first-order chi connectivity index (χ1) is 10.2. The minimum Gasteiger partial charge on any atom is -0.478 e. The van der Waals surface area contributed by atoms with Crippen LogP contribution in [0.2, 0.25) is 0 Å². The average Bonchev–Trinajstić information content (AvgIpc) is 2.43. The highest BCUT2D eigenvalue weighted by molar-refractivity contribution is 7.58. The average molecular weight is 328 g/mol. The fraction of sp³-hybridized carbons (Fsp3) is 0.467. The van der Waals surface area contributed by atoms with Crippen molar-refractivity contribution in [3.05, 3.63) is 35.4 Å². The van der Waals surface area contributed by atoms with Crippen molar-refractivity contribution in [2.75, 3.05) is 6.16 Å². The Hall–Kier alpha value is -1.65. The van der Waals surface area contributed by atoms with Crippen LogP contribution in [-0.2, 0) is 9.30 Å². The van der Waals surface area contributed by atoms with E-state index in [1.807, 2.05) is 0 Å². The number of ether oxygens (including phenoxy) is 1. The number of benzene rings is 1. The van der Waals surface area contributed by atoms with E-state index in [2.05, 4.69) is 0 Å². The van der Waals surface area contributed by atoms with Crippen LogP contribution in [0.4, 0.5) is 0 Å². The SMILES string of the molecule is CCCP(=O)(O)C(OC(=O)c1cccc(C(=O)O)c1)C(C)C. The van der Waals surface area contributed by atoms with E-state index in [0.29, 0.717) is 6.42 Å². The summed E-state index contributed by atoms with van der Waals surface area (Å²) in [5.41, 5.74) is -0.00154. The van der Waals surface area contributed by atoms with Crippen LogP contribution >= 0.6 is 7.37 Å². The molecule has 0 bridgehead atoms. The second-order valence-corrected chi connectivity index (χ2v) is 7.87. The van der Waals surface area contributed by atoms with E-state index in [4.69, 9.17) is 9.84 Å². The molecule has 0 aliphatic rings. The maximum Gasteiger partial charge on any atom is 0.338 e. The Labute approximate surface area is 129 Å². The van der Waals surface area contributed by atoms with Gasteiger partial charge in [0.05, 0.1) is 11.1 Å². The molecule has 1 aromatic carbocycles. The van der Waals surface area contributed by atoms with Gasteiger partial charge >= 0.3 is 11.9 Å². The monoisotopic (exact) mass is 328 g/mol. The van der Waals surface area contributed by atoms with Gasteiger partial charge in [0.1, 0.15) is 0 Å². The lowest BCUT2D eigenvalue weighted by atomic mass is 10.1. The Kier molecular flexibility index (Phi) is 6.33. The highest BCUT2D eigenvalue weighted by atomic mass is 31.2. The third-order valence-corrected chi connectivity index (χ3v) is 5.67. The molecule has 122 valence electrons. The Balaban J connectivity index is 3.00. The molecule has 7 heteroatoms. The summed E-state index contributed by atoms with van der Waals surface area (Å²) < 4.78 is 17.5. The zero-order chi connectivity index (χ0) is 16.9. The zero-order valence-corrected chi connectivity index (χ0v) is 13.7. The Morgan fingerprint density at radius 2 is 1.86 bits per heavy atom. The first kappa shape index (κ1) is 18.4. The number of esters is 1. The van der Waals surface area contributed by atoms with E-state index < -0.39 is 25.2 Å². The molecule has 0 amide bonds. The van der Waals surface area contributed by atoms with E-state index in [0.717, 1.165) is 0 Å². The summed E-state index contributed by atoms with van der Waals surface area (Å²) in [6.07, 6.45) is 0.571. The molecule has 0 heterocycles. The molecule has 2 N–H and O–H groups in total. The van der Waals surface area contributed by atoms with Gasteiger partial charge in [-0.3, -0.25) is 4.57 Å². The van der Waals surface area contributed by atoms with E-state index in [1.165, 1.54) is 24.3 Å². The van der Waals surface area contributed by atoms with Gasteiger partial charge in [-0.05, 0) is 30.5 Å². The highest BCUT2D eigenvalue weighted by Gasteiger charge is 2.36. The second-order valence-electron chi connectivity index (χ2n) is 5.41. The Morgan fingerprint density at radius 3 is 2.36 bits per heavy atom. The fourth-order valence-corrected chi connectivity index (χ4v) is 4.18.